The quantitative estimate of drug-likeness (QED) is 0.418. The topological polar surface area (TPSA) is 40.5 Å². The molecule has 0 heterocycles. The Balaban J connectivity index is -0.0000000875. The fourth-order valence-corrected chi connectivity index (χ4v) is 0.340. The predicted octanol–water partition coefficient (Wildman–Crippen LogP) is 0.520. The van der Waals surface area contributed by atoms with E-state index in [2.05, 4.69) is 12.2 Å². The van der Waals surface area contributed by atoms with E-state index in [1.165, 1.54) is 0 Å². The van der Waals surface area contributed by atoms with Crippen LogP contribution in [0.3, 0.4) is 0 Å². The molecule has 0 radical (unpaired) electrons. The van der Waals surface area contributed by atoms with Gasteiger partial charge in [0.05, 0.1) is 0 Å². The summed E-state index contributed by atoms with van der Waals surface area (Å²) in [5, 5.41) is 14.0. The van der Waals surface area contributed by atoms with Crippen molar-refractivity contribution in [2.24, 2.45) is 0 Å². The molecular formula is C7H13O2Ti-. The van der Waals surface area contributed by atoms with E-state index in [9.17, 15) is 0 Å². The fraction of sp³-hybridized carbons (Fsp3) is 0.429. The summed E-state index contributed by atoms with van der Waals surface area (Å²) in [5.74, 6) is 0. The number of allylic oxidation sites excluding steroid dienone is 4. The summed E-state index contributed by atoms with van der Waals surface area (Å²) in [6.07, 6.45) is 10.0. The molecule has 1 aliphatic carbocycles. The first-order valence-electron chi connectivity index (χ1n) is 2.61. The molecule has 0 aromatic heterocycles. The van der Waals surface area contributed by atoms with Crippen LogP contribution in [0.15, 0.2) is 18.2 Å². The Morgan fingerprint density at radius 3 is 1.80 bits per heavy atom. The molecule has 2 nitrogen and oxygen atoms in total. The maximum atomic E-state index is 7.00. The van der Waals surface area contributed by atoms with Crippen molar-refractivity contribution in [1.82, 2.24) is 0 Å². The van der Waals surface area contributed by atoms with Crippen LogP contribution in [-0.4, -0.2) is 24.4 Å². The number of hydrogen-bond donors (Lipinski definition) is 2. The van der Waals surface area contributed by atoms with Gasteiger partial charge in [-0.15, -0.1) is 6.42 Å². The Hall–Kier alpha value is 0.114. The van der Waals surface area contributed by atoms with E-state index in [0.717, 1.165) is 20.6 Å². The summed E-state index contributed by atoms with van der Waals surface area (Å²) in [6.45, 7) is 0. The summed E-state index contributed by atoms with van der Waals surface area (Å²) in [6, 6.07) is 0. The number of rotatable bonds is 0. The Kier molecular flexibility index (Phi) is 38.1. The van der Waals surface area contributed by atoms with Gasteiger partial charge in [-0.25, -0.2) is 12.2 Å². The molecule has 1 rings (SSSR count). The maximum absolute atomic E-state index is 7.00. The van der Waals surface area contributed by atoms with Gasteiger partial charge in [-0.05, 0) is 0 Å². The van der Waals surface area contributed by atoms with Gasteiger partial charge < -0.3 is 10.2 Å². The van der Waals surface area contributed by atoms with Crippen molar-refractivity contribution in [3.05, 3.63) is 24.3 Å². The Labute approximate surface area is 77.2 Å². The largest absolute Gasteiger partial charge is 0.400 e. The first-order valence-corrected chi connectivity index (χ1v) is 2.61. The van der Waals surface area contributed by atoms with E-state index >= 15 is 0 Å². The monoisotopic (exact) mass is 177 g/mol. The smallest absolute Gasteiger partial charge is 0.0319 e. The van der Waals surface area contributed by atoms with Gasteiger partial charge in [0.2, 0.25) is 0 Å². The molecule has 0 atom stereocenters. The van der Waals surface area contributed by atoms with Crippen LogP contribution in [0.5, 0.6) is 0 Å². The van der Waals surface area contributed by atoms with E-state index < -0.39 is 0 Å². The first-order chi connectivity index (χ1) is 4.50. The molecule has 0 aromatic rings. The molecule has 2 N–H and O–H groups in total. The van der Waals surface area contributed by atoms with Crippen molar-refractivity contribution in [3.63, 3.8) is 0 Å². The third kappa shape index (κ3) is 15.7. The van der Waals surface area contributed by atoms with Crippen molar-refractivity contribution < 1.29 is 31.9 Å². The molecule has 0 aliphatic heterocycles. The molecule has 0 bridgehead atoms. The van der Waals surface area contributed by atoms with Crippen molar-refractivity contribution in [1.29, 1.82) is 0 Å². The summed E-state index contributed by atoms with van der Waals surface area (Å²) in [4.78, 5) is 0. The molecule has 0 fully saturated rings. The fourth-order valence-electron chi connectivity index (χ4n) is 0.340. The molecule has 10 heavy (non-hydrogen) atoms. The molecule has 3 heteroatoms. The molecule has 0 aromatic carbocycles. The van der Waals surface area contributed by atoms with Crippen molar-refractivity contribution in [2.75, 3.05) is 14.2 Å². The molecule has 1 aliphatic rings. The Morgan fingerprint density at radius 2 is 1.70 bits per heavy atom. The summed E-state index contributed by atoms with van der Waals surface area (Å²) in [7, 11) is 2.00. The van der Waals surface area contributed by atoms with E-state index in [4.69, 9.17) is 10.2 Å². The third-order valence-corrected chi connectivity index (χ3v) is 0.586. The minimum Gasteiger partial charge on any atom is -0.400 e. The summed E-state index contributed by atoms with van der Waals surface area (Å²) < 4.78 is 0. The number of hydrogen-bond acceptors (Lipinski definition) is 2. The van der Waals surface area contributed by atoms with Crippen LogP contribution in [0, 0.1) is 6.08 Å². The van der Waals surface area contributed by atoms with Crippen LogP contribution >= 0.6 is 0 Å². The second-order valence-corrected chi connectivity index (χ2v) is 1.00. The van der Waals surface area contributed by atoms with Gasteiger partial charge in [-0.1, -0.05) is 0 Å². The minimum absolute atomic E-state index is 0. The number of aliphatic hydroxyl groups is 2. The van der Waals surface area contributed by atoms with Gasteiger partial charge >= 0.3 is 0 Å². The van der Waals surface area contributed by atoms with E-state index in [1.807, 2.05) is 12.2 Å². The van der Waals surface area contributed by atoms with Crippen LogP contribution in [-0.2, 0) is 21.7 Å². The van der Waals surface area contributed by atoms with Gasteiger partial charge in [0, 0.05) is 35.9 Å². The predicted molar refractivity (Wildman–Crippen MR) is 37.9 cm³/mol. The molecule has 0 unspecified atom stereocenters. The molecule has 0 saturated heterocycles. The van der Waals surface area contributed by atoms with Gasteiger partial charge in [-0.3, -0.25) is 6.08 Å². The summed E-state index contributed by atoms with van der Waals surface area (Å²) >= 11 is 0. The zero-order valence-corrected chi connectivity index (χ0v) is 7.90. The Morgan fingerprint density at radius 1 is 1.20 bits per heavy atom. The van der Waals surface area contributed by atoms with Gasteiger partial charge in [-0.2, -0.15) is 6.08 Å². The van der Waals surface area contributed by atoms with Gasteiger partial charge in [0.25, 0.3) is 0 Å². The third-order valence-electron chi connectivity index (χ3n) is 0.586. The maximum Gasteiger partial charge on any atom is 0.0319 e. The minimum atomic E-state index is 0. The molecular weight excluding hydrogens is 164 g/mol. The van der Waals surface area contributed by atoms with Crippen molar-refractivity contribution >= 4 is 0 Å². The van der Waals surface area contributed by atoms with Crippen LogP contribution < -0.4 is 0 Å². The zero-order valence-electron chi connectivity index (χ0n) is 6.33. The van der Waals surface area contributed by atoms with Crippen LogP contribution in [0.2, 0.25) is 0 Å². The SMILES string of the molecule is CO.CO.[C-]1=CC=CC1.[Ti]. The second-order valence-electron chi connectivity index (χ2n) is 1.00. The molecule has 0 amide bonds. The molecule has 0 saturated carbocycles. The Bertz CT molecular complexity index is 69.7. The molecule has 58 valence electrons. The van der Waals surface area contributed by atoms with Gasteiger partial charge in [0.1, 0.15) is 0 Å². The van der Waals surface area contributed by atoms with Crippen LogP contribution in [0.25, 0.3) is 0 Å². The molecule has 0 spiro atoms. The van der Waals surface area contributed by atoms with Crippen molar-refractivity contribution in [3.8, 4) is 0 Å². The first kappa shape index (κ1) is 16.6. The second kappa shape index (κ2) is 22.9. The van der Waals surface area contributed by atoms with E-state index in [-0.39, 0.29) is 21.7 Å². The summed E-state index contributed by atoms with van der Waals surface area (Å²) in [5.41, 5.74) is 0. The van der Waals surface area contributed by atoms with E-state index in [0.29, 0.717) is 0 Å². The average Bonchev–Trinajstić information content (AvgIpc) is 2.51. The average molecular weight is 177 g/mol. The van der Waals surface area contributed by atoms with Crippen LogP contribution in [0.1, 0.15) is 6.42 Å². The normalized spacial score (nSPS) is 10.0. The number of aliphatic hydroxyl groups excluding tert-OH is 2. The standard InChI is InChI=1S/C5H5.2CH4O.Ti/c1-2-4-5-3-1;2*1-2;/h1-3H,4H2;2*2H,1H3;/q-1;;;. The van der Waals surface area contributed by atoms with Crippen LogP contribution in [0.4, 0.5) is 0 Å². The van der Waals surface area contributed by atoms with Gasteiger partial charge in [0.15, 0.2) is 0 Å². The zero-order chi connectivity index (χ0) is 7.54. The van der Waals surface area contributed by atoms with E-state index in [1.54, 1.807) is 0 Å². The van der Waals surface area contributed by atoms with Crippen molar-refractivity contribution in [2.45, 2.75) is 6.42 Å².